The van der Waals surface area contributed by atoms with Gasteiger partial charge >= 0.3 is 0 Å². The molecular formula is C68H48N2OS. The van der Waals surface area contributed by atoms with Gasteiger partial charge in [-0.25, -0.2) is 0 Å². The second-order valence-corrected chi connectivity index (χ2v) is 21.1. The van der Waals surface area contributed by atoms with Crippen LogP contribution in [0.4, 0.5) is 0 Å². The van der Waals surface area contributed by atoms with E-state index in [1.165, 1.54) is 102 Å². The first kappa shape index (κ1) is 41.5. The summed E-state index contributed by atoms with van der Waals surface area (Å²) < 4.78 is 12.1. The lowest BCUT2D eigenvalue weighted by Gasteiger charge is -2.32. The van der Waals surface area contributed by atoms with Gasteiger partial charge in [-0.2, -0.15) is 0 Å². The molecule has 72 heavy (non-hydrogen) atoms. The van der Waals surface area contributed by atoms with Crippen molar-refractivity contribution in [2.45, 2.75) is 32.7 Å². The van der Waals surface area contributed by atoms with Gasteiger partial charge in [-0.05, 0) is 110 Å². The largest absolute Gasteiger partial charge is 0.456 e. The fourth-order valence-corrected chi connectivity index (χ4v) is 13.8. The van der Waals surface area contributed by atoms with Crippen LogP contribution in [-0.2, 0) is 0 Å². The number of nitrogens with zero attached hydrogens (tertiary/aromatic N) is 2. The van der Waals surface area contributed by atoms with Gasteiger partial charge in [0.15, 0.2) is 0 Å². The Balaban J connectivity index is 1.07. The molecule has 1 aliphatic heterocycles. The van der Waals surface area contributed by atoms with Crippen LogP contribution in [0.5, 0.6) is 0 Å². The number of hydrogen-bond acceptors (Lipinski definition) is 3. The molecule has 0 spiro atoms. The Morgan fingerprint density at radius 3 is 1.83 bits per heavy atom. The van der Waals surface area contributed by atoms with E-state index < -0.39 is 0 Å². The minimum Gasteiger partial charge on any atom is -0.456 e. The lowest BCUT2D eigenvalue weighted by molar-refractivity contribution is 0.510. The topological polar surface area (TPSA) is 30.4 Å². The third-order valence-electron chi connectivity index (χ3n) is 16.0. The van der Waals surface area contributed by atoms with Crippen LogP contribution in [0.25, 0.3) is 118 Å². The highest BCUT2D eigenvalue weighted by Gasteiger charge is 2.34. The van der Waals surface area contributed by atoms with Crippen LogP contribution in [-0.4, -0.2) is 10.3 Å². The molecule has 3 aromatic heterocycles. The number of rotatable bonds is 5. The number of allylic oxidation sites excluding steroid dienone is 1. The quantitative estimate of drug-likeness (QED) is 0.169. The molecule has 3 atom stereocenters. The number of hydrogen-bond donors (Lipinski definition) is 0. The third kappa shape index (κ3) is 6.25. The molecular weight excluding hydrogens is 893 g/mol. The minimum atomic E-state index is -0.261. The van der Waals surface area contributed by atoms with Crippen LogP contribution in [0.3, 0.4) is 0 Å². The van der Waals surface area contributed by atoms with Crippen LogP contribution in [0.2, 0.25) is 0 Å². The summed E-state index contributed by atoms with van der Waals surface area (Å²) >= 11 is 1.91. The average Bonchev–Trinajstić information content (AvgIpc) is 4.09. The molecule has 3 nitrogen and oxygen atoms in total. The van der Waals surface area contributed by atoms with E-state index in [1.807, 2.05) is 11.3 Å². The predicted molar refractivity (Wildman–Crippen MR) is 309 cm³/mol. The molecule has 0 amide bonds. The van der Waals surface area contributed by atoms with Crippen LogP contribution in [0.15, 0.2) is 222 Å². The van der Waals surface area contributed by atoms with Crippen LogP contribution in [0.1, 0.15) is 49.4 Å². The molecule has 0 saturated carbocycles. The Kier molecular flexibility index (Phi) is 9.28. The van der Waals surface area contributed by atoms with Crippen molar-refractivity contribution in [1.82, 2.24) is 4.57 Å². The molecule has 15 rings (SSSR count). The Morgan fingerprint density at radius 2 is 1.11 bits per heavy atom. The van der Waals surface area contributed by atoms with Crippen molar-refractivity contribution in [3.63, 3.8) is 0 Å². The first-order valence-electron chi connectivity index (χ1n) is 25.5. The highest BCUT2D eigenvalue weighted by Crippen LogP contribution is 2.49. The summed E-state index contributed by atoms with van der Waals surface area (Å²) in [6.07, 6.45) is 4.31. The van der Waals surface area contributed by atoms with Crippen LogP contribution in [0, 0.1) is 11.8 Å². The van der Waals surface area contributed by atoms with E-state index in [0.717, 1.165) is 51.7 Å². The van der Waals surface area contributed by atoms with Crippen molar-refractivity contribution >= 4 is 130 Å². The van der Waals surface area contributed by atoms with Gasteiger partial charge in [0.2, 0.25) is 0 Å². The van der Waals surface area contributed by atoms with Crippen molar-refractivity contribution in [2.75, 3.05) is 0 Å². The summed E-state index contributed by atoms with van der Waals surface area (Å²) in [5, 5.41) is 17.3. The second kappa shape index (κ2) is 16.1. The highest BCUT2D eigenvalue weighted by atomic mass is 32.1. The smallest absolute Gasteiger partial charge is 0.140 e. The monoisotopic (exact) mass is 940 g/mol. The van der Waals surface area contributed by atoms with Gasteiger partial charge in [-0.3, -0.25) is 4.99 Å². The van der Waals surface area contributed by atoms with Gasteiger partial charge in [-0.15, -0.1) is 11.3 Å². The van der Waals surface area contributed by atoms with E-state index in [9.17, 15) is 0 Å². The lowest BCUT2D eigenvalue weighted by atomic mass is 9.77. The van der Waals surface area contributed by atoms with E-state index in [4.69, 9.17) is 9.41 Å². The van der Waals surface area contributed by atoms with E-state index in [-0.39, 0.29) is 17.9 Å². The molecule has 0 aliphatic carbocycles. The minimum absolute atomic E-state index is 0.0472. The number of thiophene rings is 1. The number of para-hydroxylation sites is 2. The van der Waals surface area contributed by atoms with E-state index in [1.54, 1.807) is 0 Å². The Hall–Kier alpha value is -8.31. The average molecular weight is 941 g/mol. The zero-order chi connectivity index (χ0) is 47.6. The molecule has 4 heteroatoms. The zero-order valence-corrected chi connectivity index (χ0v) is 40.9. The molecule has 0 radical (unpaired) electrons. The normalized spacial score (nSPS) is 17.5. The molecule has 1 aliphatic rings. The number of benzene rings is 11. The van der Waals surface area contributed by atoms with Crippen molar-refractivity contribution in [2.24, 2.45) is 16.8 Å². The lowest BCUT2D eigenvalue weighted by Crippen LogP contribution is -2.23. The fourth-order valence-electron chi connectivity index (χ4n) is 12.5. The summed E-state index contributed by atoms with van der Waals surface area (Å²) in [5.41, 5.74) is 11.4. The summed E-state index contributed by atoms with van der Waals surface area (Å²) in [6.45, 7) is 4.75. The maximum atomic E-state index is 6.97. The molecule has 11 aromatic carbocycles. The first-order chi connectivity index (χ1) is 35.6. The fraction of sp³-hybridized carbons (Fsp3) is 0.103. The van der Waals surface area contributed by atoms with Gasteiger partial charge in [0, 0.05) is 70.4 Å². The van der Waals surface area contributed by atoms with Gasteiger partial charge in [0.1, 0.15) is 11.2 Å². The first-order valence-corrected chi connectivity index (χ1v) is 26.3. The molecule has 0 bridgehead atoms. The molecule has 4 heterocycles. The SMILES string of the molecule is CCC1/C(c2cccc3ccccc23)=C/CC(C)C(c2cc3sc4c5ccccc5ccc4c3cc2-n2c3cc4ccccc4cc3c3cc4ccccc4cc32)=NC1c1cccc2c1oc1ccccc12. The third-order valence-corrected chi connectivity index (χ3v) is 17.2. The molecule has 342 valence electrons. The summed E-state index contributed by atoms with van der Waals surface area (Å²) in [5.74, 6) is 0.109. The van der Waals surface area contributed by atoms with Crippen LogP contribution >= 0.6 is 11.3 Å². The molecule has 0 saturated heterocycles. The number of aromatic nitrogens is 1. The summed E-state index contributed by atoms with van der Waals surface area (Å²) in [4.78, 5) is 6.33. The highest BCUT2D eigenvalue weighted by molar-refractivity contribution is 7.26. The Labute approximate surface area is 420 Å². The van der Waals surface area contributed by atoms with Gasteiger partial charge < -0.3 is 8.98 Å². The molecule has 0 fully saturated rings. The standard InChI is InChI=1S/C68H48N2OS/c1-3-47-51(50-26-14-22-41-16-8-10-23-48(41)50)32-30-40(2)65(69-66(47)55-28-15-27-53-52-25-12-13-29-63(52)71-67(53)55)59-39-64-58(54-33-31-42-17-9-11-24-49(42)68(54)72-64)38-62(59)70-60-36-45-20-6-4-18-43(45)34-56(60)57-35-44-19-5-7-21-46(44)37-61(57)70/h4-29,31-40,47,66H,3,30H2,1-2H3/b51-32-,69-65?. The second-order valence-electron chi connectivity index (χ2n) is 20.0. The Bertz CT molecular complexity index is 4540. The van der Waals surface area contributed by atoms with Gasteiger partial charge in [-0.1, -0.05) is 184 Å². The van der Waals surface area contributed by atoms with E-state index >= 15 is 0 Å². The molecule has 0 N–H and O–H groups in total. The maximum Gasteiger partial charge on any atom is 0.140 e. The Morgan fingerprint density at radius 1 is 0.514 bits per heavy atom. The zero-order valence-electron chi connectivity index (χ0n) is 40.1. The predicted octanol–water partition coefficient (Wildman–Crippen LogP) is 19.3. The molecule has 3 unspecified atom stereocenters. The number of aliphatic imine (C=N–C) groups is 1. The number of furan rings is 1. The van der Waals surface area contributed by atoms with Crippen molar-refractivity contribution < 1.29 is 4.42 Å². The summed E-state index contributed by atoms with van der Waals surface area (Å²) in [6, 6.07) is 76.4. The van der Waals surface area contributed by atoms with E-state index in [2.05, 4.69) is 231 Å². The van der Waals surface area contributed by atoms with Gasteiger partial charge in [0.05, 0.1) is 22.8 Å². The van der Waals surface area contributed by atoms with Crippen LogP contribution < -0.4 is 0 Å². The molecule has 14 aromatic rings. The van der Waals surface area contributed by atoms with Crippen molar-refractivity contribution in [1.29, 1.82) is 0 Å². The maximum absolute atomic E-state index is 6.97. The van der Waals surface area contributed by atoms with Crippen molar-refractivity contribution in [3.05, 3.63) is 229 Å². The van der Waals surface area contributed by atoms with E-state index in [0.29, 0.717) is 0 Å². The van der Waals surface area contributed by atoms with Gasteiger partial charge in [0.25, 0.3) is 0 Å². The number of fused-ring (bicyclic) bond motifs is 14. The summed E-state index contributed by atoms with van der Waals surface area (Å²) in [7, 11) is 0. The van der Waals surface area contributed by atoms with Crippen molar-refractivity contribution in [3.8, 4) is 5.69 Å².